The molecule has 0 spiro atoms. The number of thioether (sulfide) groups is 1. The van der Waals surface area contributed by atoms with Gasteiger partial charge in [0.2, 0.25) is 5.91 Å². The first-order valence-electron chi connectivity index (χ1n) is 8.00. The molecule has 1 aromatic rings. The van der Waals surface area contributed by atoms with E-state index in [-0.39, 0.29) is 23.0 Å². The van der Waals surface area contributed by atoms with Gasteiger partial charge in [0.15, 0.2) is 0 Å². The normalized spacial score (nSPS) is 19.1. The number of nitrogens with zero attached hydrogens (tertiary/aromatic N) is 1. The molecule has 0 radical (unpaired) electrons. The summed E-state index contributed by atoms with van der Waals surface area (Å²) in [5, 5.41) is 12.8. The van der Waals surface area contributed by atoms with Gasteiger partial charge in [-0.3, -0.25) is 14.4 Å². The number of allylic oxidation sites excluding steroid dienone is 1. The second-order valence-corrected chi connectivity index (χ2v) is 6.83. The monoisotopic (exact) mass is 408 g/mol. The van der Waals surface area contributed by atoms with E-state index >= 15 is 0 Å². The van der Waals surface area contributed by atoms with Gasteiger partial charge < -0.3 is 14.8 Å². The van der Waals surface area contributed by atoms with Crippen molar-refractivity contribution < 1.29 is 23.9 Å². The zero-order chi connectivity index (χ0) is 20.0. The Morgan fingerprint density at radius 2 is 2.07 bits per heavy atom. The highest BCUT2D eigenvalue weighted by atomic mass is 35.5. The number of hydrogen-bond acceptors (Lipinski definition) is 7. The molecule has 0 saturated heterocycles. The molecule has 0 aromatic heterocycles. The van der Waals surface area contributed by atoms with E-state index < -0.39 is 29.7 Å². The molecule has 9 heteroatoms. The lowest BCUT2D eigenvalue weighted by Crippen LogP contribution is -2.44. The summed E-state index contributed by atoms with van der Waals surface area (Å²) in [6.07, 6.45) is 0. The van der Waals surface area contributed by atoms with Crippen LogP contribution in [-0.2, 0) is 23.9 Å². The Hall–Kier alpha value is -2.50. The third-order valence-electron chi connectivity index (χ3n) is 3.86. The van der Waals surface area contributed by atoms with Gasteiger partial charge in [-0.2, -0.15) is 5.26 Å². The van der Waals surface area contributed by atoms with Crippen molar-refractivity contribution in [2.75, 3.05) is 19.5 Å². The number of amides is 1. The summed E-state index contributed by atoms with van der Waals surface area (Å²) < 4.78 is 9.62. The van der Waals surface area contributed by atoms with Crippen molar-refractivity contribution in [3.8, 4) is 6.07 Å². The van der Waals surface area contributed by atoms with Gasteiger partial charge in [-0.15, -0.1) is 0 Å². The number of benzene rings is 1. The Morgan fingerprint density at radius 3 is 2.67 bits per heavy atom. The number of carbonyl (C=O) groups is 3. The van der Waals surface area contributed by atoms with Gasteiger partial charge in [0.05, 0.1) is 36.1 Å². The van der Waals surface area contributed by atoms with Crippen molar-refractivity contribution in [3.05, 3.63) is 45.5 Å². The van der Waals surface area contributed by atoms with E-state index in [0.29, 0.717) is 10.6 Å². The van der Waals surface area contributed by atoms with Crippen molar-refractivity contribution in [2.24, 2.45) is 5.92 Å². The number of esters is 2. The molecule has 0 aliphatic carbocycles. The minimum atomic E-state index is -1.27. The smallest absolute Gasteiger partial charge is 0.319 e. The van der Waals surface area contributed by atoms with Crippen molar-refractivity contribution >= 4 is 41.2 Å². The minimum Gasteiger partial charge on any atom is -0.468 e. The van der Waals surface area contributed by atoms with Crippen LogP contribution in [0.4, 0.5) is 0 Å². The Balaban J connectivity index is 2.52. The molecule has 2 rings (SSSR count). The largest absolute Gasteiger partial charge is 0.468 e. The van der Waals surface area contributed by atoms with E-state index in [1.807, 2.05) is 6.07 Å². The van der Waals surface area contributed by atoms with E-state index in [1.165, 1.54) is 7.11 Å². The lowest BCUT2D eigenvalue weighted by Gasteiger charge is -2.31. The Kier molecular flexibility index (Phi) is 7.28. The minimum absolute atomic E-state index is 0.0905. The lowest BCUT2D eigenvalue weighted by atomic mass is 9.78. The van der Waals surface area contributed by atoms with E-state index in [0.717, 1.165) is 11.8 Å². The quantitative estimate of drug-likeness (QED) is 0.569. The van der Waals surface area contributed by atoms with Crippen LogP contribution in [-0.4, -0.2) is 37.3 Å². The van der Waals surface area contributed by atoms with E-state index in [9.17, 15) is 19.6 Å². The summed E-state index contributed by atoms with van der Waals surface area (Å²) in [7, 11) is 1.17. The molecule has 1 aromatic carbocycles. The summed E-state index contributed by atoms with van der Waals surface area (Å²) in [5.74, 6) is -4.17. The predicted molar refractivity (Wildman–Crippen MR) is 99.6 cm³/mol. The van der Waals surface area contributed by atoms with Gasteiger partial charge in [0, 0.05) is 10.9 Å². The number of halogens is 1. The maximum Gasteiger partial charge on any atom is 0.319 e. The van der Waals surface area contributed by atoms with E-state index in [4.69, 9.17) is 21.1 Å². The van der Waals surface area contributed by atoms with Crippen LogP contribution in [0.1, 0.15) is 18.4 Å². The van der Waals surface area contributed by atoms with Crippen molar-refractivity contribution in [3.63, 3.8) is 0 Å². The number of ether oxygens (including phenoxy) is 2. The van der Waals surface area contributed by atoms with Crippen molar-refractivity contribution in [1.29, 1.82) is 5.26 Å². The molecule has 1 N–H and O–H groups in total. The highest BCUT2D eigenvalue weighted by Gasteiger charge is 2.45. The standard InChI is InChI=1S/C18H17ClN2O5S/c1-3-26-13(22)9-27-17-11(8-20)14(10-6-4-5-7-12(10)19)15(16(23)21-17)18(24)25-2/h4-7,14-15H,3,9H2,1-2H3,(H,21,23)/t14-,15+/m0/s1. The summed E-state index contributed by atoms with van der Waals surface area (Å²) >= 11 is 7.22. The van der Waals surface area contributed by atoms with Gasteiger partial charge in [-0.25, -0.2) is 0 Å². The zero-order valence-electron chi connectivity index (χ0n) is 14.7. The molecule has 1 aliphatic heterocycles. The second kappa shape index (κ2) is 9.44. The Bertz CT molecular complexity index is 833. The highest BCUT2D eigenvalue weighted by Crippen LogP contribution is 2.42. The Labute approximate surface area is 165 Å². The molecule has 0 saturated carbocycles. The fourth-order valence-electron chi connectivity index (χ4n) is 2.72. The van der Waals surface area contributed by atoms with E-state index in [2.05, 4.69) is 5.32 Å². The first-order chi connectivity index (χ1) is 12.9. The maximum absolute atomic E-state index is 12.6. The third-order valence-corrected chi connectivity index (χ3v) is 5.20. The van der Waals surface area contributed by atoms with Crippen LogP contribution in [0.25, 0.3) is 0 Å². The van der Waals surface area contributed by atoms with E-state index in [1.54, 1.807) is 31.2 Å². The van der Waals surface area contributed by atoms with Crippen molar-refractivity contribution in [2.45, 2.75) is 12.8 Å². The van der Waals surface area contributed by atoms with Crippen molar-refractivity contribution in [1.82, 2.24) is 5.32 Å². The molecule has 0 unspecified atom stereocenters. The third kappa shape index (κ3) is 4.62. The van der Waals surface area contributed by atoms with Crippen LogP contribution in [0.15, 0.2) is 34.9 Å². The molecule has 27 heavy (non-hydrogen) atoms. The average Bonchev–Trinajstić information content (AvgIpc) is 2.66. The Morgan fingerprint density at radius 1 is 1.37 bits per heavy atom. The maximum atomic E-state index is 12.6. The molecule has 1 amide bonds. The fourth-order valence-corrected chi connectivity index (χ4v) is 3.82. The van der Waals surface area contributed by atoms with Gasteiger partial charge in [0.1, 0.15) is 5.92 Å². The number of methoxy groups -OCH3 is 1. The molecule has 0 fully saturated rings. The van der Waals surface area contributed by atoms with Gasteiger partial charge in [-0.1, -0.05) is 41.6 Å². The first-order valence-corrected chi connectivity index (χ1v) is 9.36. The van der Waals surface area contributed by atoms with Crippen LogP contribution in [0.3, 0.4) is 0 Å². The molecular weight excluding hydrogens is 392 g/mol. The second-order valence-electron chi connectivity index (χ2n) is 5.44. The number of nitriles is 1. The zero-order valence-corrected chi connectivity index (χ0v) is 16.2. The van der Waals surface area contributed by atoms with Crippen LogP contribution in [0.5, 0.6) is 0 Å². The fraction of sp³-hybridized carbons (Fsp3) is 0.333. The molecule has 1 aliphatic rings. The number of hydrogen-bond donors (Lipinski definition) is 1. The topological polar surface area (TPSA) is 105 Å². The first kappa shape index (κ1) is 20.8. The summed E-state index contributed by atoms with van der Waals surface area (Å²) in [6, 6.07) is 8.69. The predicted octanol–water partition coefficient (Wildman–Crippen LogP) is 2.37. The van der Waals surface area contributed by atoms with Gasteiger partial charge >= 0.3 is 11.9 Å². The molecule has 0 bridgehead atoms. The molecular formula is C18H17ClN2O5S. The summed E-state index contributed by atoms with van der Waals surface area (Å²) in [6.45, 7) is 1.90. The van der Waals surface area contributed by atoms with Gasteiger partial charge in [0.25, 0.3) is 0 Å². The van der Waals surface area contributed by atoms with Crippen LogP contribution in [0, 0.1) is 17.2 Å². The summed E-state index contributed by atoms with van der Waals surface area (Å²) in [4.78, 5) is 36.5. The summed E-state index contributed by atoms with van der Waals surface area (Å²) in [5.41, 5.74) is 0.586. The molecule has 2 atom stereocenters. The SMILES string of the molecule is CCOC(=O)CSC1=C(C#N)[C@H](c2ccccc2Cl)[C@@H](C(=O)OC)C(=O)N1. The number of rotatable bonds is 6. The number of nitrogens with one attached hydrogen (secondary N) is 1. The van der Waals surface area contributed by atoms with Crippen LogP contribution < -0.4 is 5.32 Å². The van der Waals surface area contributed by atoms with Crippen LogP contribution in [0.2, 0.25) is 5.02 Å². The number of carbonyl (C=O) groups excluding carboxylic acids is 3. The lowest BCUT2D eigenvalue weighted by molar-refractivity contribution is -0.150. The highest BCUT2D eigenvalue weighted by molar-refractivity contribution is 8.03. The molecule has 142 valence electrons. The average molecular weight is 409 g/mol. The molecule has 7 nitrogen and oxygen atoms in total. The van der Waals surface area contributed by atoms with Crippen LogP contribution >= 0.6 is 23.4 Å². The van der Waals surface area contributed by atoms with Gasteiger partial charge in [-0.05, 0) is 18.6 Å². The molecule has 1 heterocycles.